The number of aromatic nitrogens is 4. The molecule has 0 saturated heterocycles. The fourth-order valence-electron chi connectivity index (χ4n) is 4.13. The molecule has 12 heteroatoms. The van der Waals surface area contributed by atoms with Crippen molar-refractivity contribution in [2.24, 2.45) is 0 Å². The van der Waals surface area contributed by atoms with E-state index in [0.717, 1.165) is 16.3 Å². The molecule has 3 aromatic rings. The Balaban J connectivity index is 1.70. The van der Waals surface area contributed by atoms with Crippen LogP contribution in [-0.4, -0.2) is 57.7 Å². The SMILES string of the molecule is COc1nc(NC(=O)C2CC(C)(C)c3c2cnc2cc(Cl)nn32)cc(C(=O)N(C)OC)c1Br. The zero-order valence-electron chi connectivity index (χ0n) is 18.6. The van der Waals surface area contributed by atoms with Crippen LogP contribution in [0.25, 0.3) is 5.65 Å². The number of fused-ring (bicyclic) bond motifs is 3. The summed E-state index contributed by atoms with van der Waals surface area (Å²) in [7, 11) is 4.28. The summed E-state index contributed by atoms with van der Waals surface area (Å²) in [5.74, 6) is -0.878. The second-order valence-electron chi connectivity index (χ2n) is 8.29. The number of methoxy groups -OCH3 is 1. The summed E-state index contributed by atoms with van der Waals surface area (Å²) in [6, 6.07) is 3.15. The lowest BCUT2D eigenvalue weighted by Gasteiger charge is -2.19. The number of halogens is 2. The number of ether oxygens (including phenoxy) is 1. The van der Waals surface area contributed by atoms with Crippen molar-refractivity contribution in [1.29, 1.82) is 0 Å². The quantitative estimate of drug-likeness (QED) is 0.495. The summed E-state index contributed by atoms with van der Waals surface area (Å²) in [5.41, 5.74) is 2.16. The molecule has 3 heterocycles. The lowest BCUT2D eigenvalue weighted by molar-refractivity contribution is -0.117. The van der Waals surface area contributed by atoms with E-state index in [1.54, 1.807) is 16.8 Å². The van der Waals surface area contributed by atoms with Gasteiger partial charge in [0.2, 0.25) is 11.8 Å². The van der Waals surface area contributed by atoms with Crippen molar-refractivity contribution >= 4 is 50.8 Å². The molecule has 0 radical (unpaired) electrons. The van der Waals surface area contributed by atoms with Gasteiger partial charge >= 0.3 is 0 Å². The van der Waals surface area contributed by atoms with Crippen molar-refractivity contribution in [1.82, 2.24) is 24.6 Å². The predicted octanol–water partition coefficient (Wildman–Crippen LogP) is 3.59. The lowest BCUT2D eigenvalue weighted by atomic mass is 9.88. The molecule has 1 unspecified atom stereocenters. The molecule has 2 amide bonds. The molecule has 0 saturated carbocycles. The molecule has 0 aliphatic heterocycles. The maximum absolute atomic E-state index is 13.4. The second-order valence-corrected chi connectivity index (χ2v) is 9.47. The van der Waals surface area contributed by atoms with E-state index in [1.165, 1.54) is 27.3 Å². The van der Waals surface area contributed by atoms with Crippen LogP contribution in [0.5, 0.6) is 5.88 Å². The fraction of sp³-hybridized carbons (Fsp3) is 0.381. The molecule has 1 aliphatic rings. The molecule has 1 atom stereocenters. The Kier molecular flexibility index (Phi) is 6.06. The number of nitrogens with one attached hydrogen (secondary N) is 1. The number of nitrogens with zero attached hydrogens (tertiary/aromatic N) is 5. The van der Waals surface area contributed by atoms with E-state index < -0.39 is 11.8 Å². The summed E-state index contributed by atoms with van der Waals surface area (Å²) in [4.78, 5) is 39.7. The second kappa shape index (κ2) is 8.54. The van der Waals surface area contributed by atoms with Gasteiger partial charge in [0.1, 0.15) is 5.82 Å². The van der Waals surface area contributed by atoms with E-state index in [1.807, 2.05) is 13.8 Å². The average molecular weight is 538 g/mol. The lowest BCUT2D eigenvalue weighted by Crippen LogP contribution is -2.27. The standard InChI is InChI=1S/C21H22BrClN6O4/c1-21(2)8-11(12-9-24-15-7-13(23)27-29(15)17(12)21)18(30)25-14-6-10(20(31)28(3)33-5)16(22)19(26-14)32-4/h6-7,9,11H,8H2,1-5H3,(H,25,26,30). The predicted molar refractivity (Wildman–Crippen MR) is 125 cm³/mol. The summed E-state index contributed by atoms with van der Waals surface area (Å²) in [5, 5.41) is 8.57. The van der Waals surface area contributed by atoms with Crippen LogP contribution in [0.4, 0.5) is 5.82 Å². The Morgan fingerprint density at radius 2 is 2.06 bits per heavy atom. The zero-order valence-corrected chi connectivity index (χ0v) is 21.0. The Hall–Kier alpha value is -2.76. The number of amides is 2. The topological polar surface area (TPSA) is 111 Å². The highest BCUT2D eigenvalue weighted by Crippen LogP contribution is 2.46. The van der Waals surface area contributed by atoms with Gasteiger partial charge in [-0.25, -0.2) is 14.6 Å². The first-order valence-corrected chi connectivity index (χ1v) is 11.2. The fourth-order valence-corrected chi connectivity index (χ4v) is 4.84. The first kappa shape index (κ1) is 23.4. The number of anilines is 1. The van der Waals surface area contributed by atoms with Gasteiger partial charge in [-0.3, -0.25) is 14.4 Å². The van der Waals surface area contributed by atoms with Gasteiger partial charge in [-0.05, 0) is 28.4 Å². The summed E-state index contributed by atoms with van der Waals surface area (Å²) in [6.45, 7) is 4.10. The van der Waals surface area contributed by atoms with E-state index in [9.17, 15) is 9.59 Å². The molecule has 1 aliphatic carbocycles. The normalized spacial score (nSPS) is 16.5. The van der Waals surface area contributed by atoms with Crippen LogP contribution >= 0.6 is 27.5 Å². The van der Waals surface area contributed by atoms with Crippen molar-refractivity contribution in [3.8, 4) is 5.88 Å². The molecular formula is C21H22BrClN6O4. The highest BCUT2D eigenvalue weighted by Gasteiger charge is 2.43. The molecule has 33 heavy (non-hydrogen) atoms. The van der Waals surface area contributed by atoms with Gasteiger partial charge in [-0.15, -0.1) is 0 Å². The van der Waals surface area contributed by atoms with E-state index >= 15 is 0 Å². The monoisotopic (exact) mass is 536 g/mol. The van der Waals surface area contributed by atoms with Crippen molar-refractivity contribution in [3.05, 3.63) is 44.8 Å². The summed E-state index contributed by atoms with van der Waals surface area (Å²) < 4.78 is 7.33. The Labute approximate surface area is 203 Å². The van der Waals surface area contributed by atoms with Gasteiger partial charge in [0.25, 0.3) is 5.91 Å². The van der Waals surface area contributed by atoms with Gasteiger partial charge in [0.05, 0.1) is 35.9 Å². The first-order chi connectivity index (χ1) is 15.6. The number of hydroxylamine groups is 2. The average Bonchev–Trinajstić information content (AvgIpc) is 3.29. The number of pyridine rings is 1. The van der Waals surface area contributed by atoms with Crippen molar-refractivity contribution < 1.29 is 19.2 Å². The van der Waals surface area contributed by atoms with Crippen molar-refractivity contribution in [2.45, 2.75) is 31.6 Å². The minimum Gasteiger partial charge on any atom is -0.480 e. The number of hydrogen-bond donors (Lipinski definition) is 1. The van der Waals surface area contributed by atoms with E-state index in [4.69, 9.17) is 21.2 Å². The van der Waals surface area contributed by atoms with Gasteiger partial charge in [-0.1, -0.05) is 25.4 Å². The van der Waals surface area contributed by atoms with Crippen molar-refractivity contribution in [2.75, 3.05) is 26.6 Å². The Bertz CT molecular complexity index is 1280. The van der Waals surface area contributed by atoms with Crippen LogP contribution in [-0.2, 0) is 15.0 Å². The van der Waals surface area contributed by atoms with Crippen LogP contribution in [0.1, 0.15) is 47.8 Å². The molecular weight excluding hydrogens is 516 g/mol. The number of hydrogen-bond acceptors (Lipinski definition) is 7. The van der Waals surface area contributed by atoms with Crippen LogP contribution in [0, 0.1) is 0 Å². The third kappa shape index (κ3) is 4.04. The highest BCUT2D eigenvalue weighted by atomic mass is 79.9. The maximum Gasteiger partial charge on any atom is 0.278 e. The molecule has 0 spiro atoms. The van der Waals surface area contributed by atoms with Crippen molar-refractivity contribution in [3.63, 3.8) is 0 Å². The van der Waals surface area contributed by atoms with Gasteiger partial charge < -0.3 is 10.1 Å². The first-order valence-electron chi connectivity index (χ1n) is 9.99. The Morgan fingerprint density at radius 1 is 1.33 bits per heavy atom. The number of rotatable bonds is 5. The van der Waals surface area contributed by atoms with E-state index in [0.29, 0.717) is 21.7 Å². The molecule has 4 rings (SSSR count). The van der Waals surface area contributed by atoms with Crippen LogP contribution in [0.15, 0.2) is 22.8 Å². The highest BCUT2D eigenvalue weighted by molar-refractivity contribution is 9.10. The molecule has 1 N–H and O–H groups in total. The van der Waals surface area contributed by atoms with Gasteiger partial charge in [0, 0.05) is 30.3 Å². The van der Waals surface area contributed by atoms with Crippen LogP contribution < -0.4 is 10.1 Å². The number of carbonyl (C=O) groups is 2. The van der Waals surface area contributed by atoms with E-state index in [-0.39, 0.29) is 28.6 Å². The molecule has 174 valence electrons. The maximum atomic E-state index is 13.4. The molecule has 0 fully saturated rings. The van der Waals surface area contributed by atoms with Crippen LogP contribution in [0.2, 0.25) is 5.15 Å². The minimum atomic E-state index is -0.493. The molecule has 10 nitrogen and oxygen atoms in total. The molecule has 0 aromatic carbocycles. The molecule has 3 aromatic heterocycles. The number of carbonyl (C=O) groups excluding carboxylic acids is 2. The third-order valence-electron chi connectivity index (χ3n) is 5.69. The molecule has 0 bridgehead atoms. The smallest absolute Gasteiger partial charge is 0.278 e. The zero-order chi connectivity index (χ0) is 24.1. The van der Waals surface area contributed by atoms with Gasteiger partial charge in [-0.2, -0.15) is 10.1 Å². The summed E-state index contributed by atoms with van der Waals surface area (Å²) >= 11 is 9.42. The Morgan fingerprint density at radius 3 is 2.73 bits per heavy atom. The summed E-state index contributed by atoms with van der Waals surface area (Å²) in [6.07, 6.45) is 2.23. The third-order valence-corrected chi connectivity index (χ3v) is 6.64. The van der Waals surface area contributed by atoms with Gasteiger partial charge in [0.15, 0.2) is 10.8 Å². The van der Waals surface area contributed by atoms with Crippen LogP contribution in [0.3, 0.4) is 0 Å². The minimum absolute atomic E-state index is 0.155. The van der Waals surface area contributed by atoms with E-state index in [2.05, 4.69) is 36.3 Å². The largest absolute Gasteiger partial charge is 0.480 e.